The van der Waals surface area contributed by atoms with Crippen LogP contribution in [-0.4, -0.2) is 35.2 Å². The smallest absolute Gasteiger partial charge is 0.323 e. The number of carboxylic acids is 1. The molecule has 1 heterocycles. The second kappa shape index (κ2) is 5.79. The zero-order valence-corrected chi connectivity index (χ0v) is 11.9. The molecule has 1 fully saturated rings. The number of benzene rings is 1. The highest BCUT2D eigenvalue weighted by atomic mass is 19.1. The molecule has 0 aliphatic carbocycles. The van der Waals surface area contributed by atoms with Crippen molar-refractivity contribution in [1.29, 1.82) is 0 Å². The highest BCUT2D eigenvalue weighted by Crippen LogP contribution is 2.31. The minimum absolute atomic E-state index is 0.338. The number of hydrogen-bond acceptors (Lipinski definition) is 3. The lowest BCUT2D eigenvalue weighted by atomic mass is 9.88. The van der Waals surface area contributed by atoms with Crippen molar-refractivity contribution in [1.82, 2.24) is 4.90 Å². The molecule has 1 atom stereocenters. The summed E-state index contributed by atoms with van der Waals surface area (Å²) < 4.78 is 18.6. The van der Waals surface area contributed by atoms with E-state index in [0.29, 0.717) is 30.8 Å². The van der Waals surface area contributed by atoms with Gasteiger partial charge in [-0.15, -0.1) is 0 Å². The fourth-order valence-electron chi connectivity index (χ4n) is 2.75. The Morgan fingerprint density at radius 1 is 1.50 bits per heavy atom. The third-order valence-corrected chi connectivity index (χ3v) is 4.10. The Hall–Kier alpha value is -1.62. The molecular formula is C15H20FNO3. The lowest BCUT2D eigenvalue weighted by molar-refractivity contribution is -0.153. The lowest BCUT2D eigenvalue weighted by Crippen LogP contribution is -2.54. The Morgan fingerprint density at radius 3 is 2.90 bits per heavy atom. The Balaban J connectivity index is 2.27. The summed E-state index contributed by atoms with van der Waals surface area (Å²) in [6.07, 6.45) is 2.47. The quantitative estimate of drug-likeness (QED) is 0.922. The molecule has 0 spiro atoms. The average molecular weight is 281 g/mol. The number of methoxy groups -OCH3 is 1. The van der Waals surface area contributed by atoms with E-state index in [2.05, 4.69) is 0 Å². The zero-order chi connectivity index (χ0) is 14.8. The van der Waals surface area contributed by atoms with Crippen LogP contribution >= 0.6 is 0 Å². The summed E-state index contributed by atoms with van der Waals surface area (Å²) in [4.78, 5) is 13.5. The molecular weight excluding hydrogens is 261 g/mol. The van der Waals surface area contributed by atoms with Crippen molar-refractivity contribution < 1.29 is 19.0 Å². The first-order chi connectivity index (χ1) is 9.47. The highest BCUT2D eigenvalue weighted by Gasteiger charge is 2.41. The van der Waals surface area contributed by atoms with Crippen LogP contribution < -0.4 is 4.74 Å². The number of likely N-dealkylation sites (tertiary alicyclic amines) is 1. The van der Waals surface area contributed by atoms with E-state index in [4.69, 9.17) is 4.74 Å². The summed E-state index contributed by atoms with van der Waals surface area (Å²) in [6.45, 7) is 2.81. The van der Waals surface area contributed by atoms with E-state index in [-0.39, 0.29) is 5.82 Å². The molecule has 1 aliphatic rings. The van der Waals surface area contributed by atoms with E-state index in [9.17, 15) is 14.3 Å². The molecule has 0 amide bonds. The van der Waals surface area contributed by atoms with E-state index in [1.807, 2.05) is 4.90 Å². The van der Waals surface area contributed by atoms with Gasteiger partial charge in [-0.2, -0.15) is 0 Å². The Kier molecular flexibility index (Phi) is 4.28. The molecule has 20 heavy (non-hydrogen) atoms. The number of hydrogen-bond donors (Lipinski definition) is 1. The summed E-state index contributed by atoms with van der Waals surface area (Å²) in [7, 11) is 1.53. The first-order valence-corrected chi connectivity index (χ1v) is 6.78. The Labute approximate surface area is 118 Å². The Morgan fingerprint density at radius 2 is 2.25 bits per heavy atom. The van der Waals surface area contributed by atoms with Crippen molar-refractivity contribution in [2.24, 2.45) is 0 Å². The Bertz CT molecular complexity index is 506. The van der Waals surface area contributed by atoms with E-state index in [0.717, 1.165) is 12.8 Å². The maximum atomic E-state index is 13.4. The number of piperidine rings is 1. The van der Waals surface area contributed by atoms with Gasteiger partial charge in [0.25, 0.3) is 0 Å². The number of rotatable bonds is 4. The molecule has 0 bridgehead atoms. The van der Waals surface area contributed by atoms with Crippen molar-refractivity contribution in [2.75, 3.05) is 13.7 Å². The highest BCUT2D eigenvalue weighted by molar-refractivity contribution is 5.78. The van der Waals surface area contributed by atoms with Crippen LogP contribution in [0.1, 0.15) is 31.7 Å². The second-order valence-electron chi connectivity index (χ2n) is 5.41. The van der Waals surface area contributed by atoms with Gasteiger partial charge in [0, 0.05) is 12.1 Å². The van der Waals surface area contributed by atoms with Gasteiger partial charge in [0.1, 0.15) is 17.1 Å². The topological polar surface area (TPSA) is 49.8 Å². The van der Waals surface area contributed by atoms with Crippen molar-refractivity contribution in [3.05, 3.63) is 29.6 Å². The van der Waals surface area contributed by atoms with Crippen LogP contribution in [0.4, 0.5) is 4.39 Å². The van der Waals surface area contributed by atoms with Gasteiger partial charge >= 0.3 is 5.97 Å². The van der Waals surface area contributed by atoms with Crippen molar-refractivity contribution in [3.8, 4) is 5.75 Å². The standard InChI is InChI=1S/C15H20FNO3/c1-15(14(18)19)7-3-4-8-17(15)10-11-9-12(16)5-6-13(11)20-2/h5-6,9H,3-4,7-8,10H2,1-2H3,(H,18,19). The first-order valence-electron chi connectivity index (χ1n) is 6.78. The number of ether oxygens (including phenoxy) is 1. The van der Waals surface area contributed by atoms with Gasteiger partial charge in [0.15, 0.2) is 0 Å². The predicted molar refractivity (Wildman–Crippen MR) is 73.3 cm³/mol. The lowest BCUT2D eigenvalue weighted by Gasteiger charge is -2.41. The molecule has 0 aromatic heterocycles. The molecule has 0 saturated carbocycles. The number of nitrogens with zero attached hydrogens (tertiary/aromatic N) is 1. The maximum Gasteiger partial charge on any atom is 0.323 e. The van der Waals surface area contributed by atoms with Crippen LogP contribution in [0.15, 0.2) is 18.2 Å². The fourth-order valence-corrected chi connectivity index (χ4v) is 2.75. The van der Waals surface area contributed by atoms with Gasteiger partial charge in [-0.05, 0) is 50.9 Å². The molecule has 4 nitrogen and oxygen atoms in total. The maximum absolute atomic E-state index is 13.4. The molecule has 2 rings (SSSR count). The van der Waals surface area contributed by atoms with E-state index < -0.39 is 11.5 Å². The van der Waals surface area contributed by atoms with Crippen molar-refractivity contribution in [3.63, 3.8) is 0 Å². The fraction of sp³-hybridized carbons (Fsp3) is 0.533. The minimum atomic E-state index is -0.893. The normalized spacial score (nSPS) is 23.6. The molecule has 1 saturated heterocycles. The summed E-state index contributed by atoms with van der Waals surface area (Å²) in [6, 6.07) is 4.33. The summed E-state index contributed by atoms with van der Waals surface area (Å²) in [5.41, 5.74) is -0.211. The minimum Gasteiger partial charge on any atom is -0.496 e. The van der Waals surface area contributed by atoms with Crippen LogP contribution in [0, 0.1) is 5.82 Å². The van der Waals surface area contributed by atoms with Gasteiger partial charge in [-0.25, -0.2) is 4.39 Å². The SMILES string of the molecule is COc1ccc(F)cc1CN1CCCCC1(C)C(=O)O. The van der Waals surface area contributed by atoms with Crippen molar-refractivity contribution in [2.45, 2.75) is 38.3 Å². The van der Waals surface area contributed by atoms with E-state index in [1.54, 1.807) is 13.0 Å². The number of halogens is 1. The molecule has 5 heteroatoms. The molecule has 1 N–H and O–H groups in total. The van der Waals surface area contributed by atoms with Crippen LogP contribution in [0.25, 0.3) is 0 Å². The van der Waals surface area contributed by atoms with Crippen molar-refractivity contribution >= 4 is 5.97 Å². The third kappa shape index (κ3) is 2.77. The number of carboxylic acid groups (broad SMARTS) is 1. The average Bonchev–Trinajstić information content (AvgIpc) is 2.41. The van der Waals surface area contributed by atoms with Crippen LogP contribution in [0.5, 0.6) is 5.75 Å². The largest absolute Gasteiger partial charge is 0.496 e. The van der Waals surface area contributed by atoms with Crippen LogP contribution in [0.3, 0.4) is 0 Å². The number of aliphatic carboxylic acids is 1. The summed E-state index contributed by atoms with van der Waals surface area (Å²) in [5.74, 6) is -0.577. The van der Waals surface area contributed by atoms with Gasteiger partial charge in [-0.3, -0.25) is 9.69 Å². The second-order valence-corrected chi connectivity index (χ2v) is 5.41. The van der Waals surface area contributed by atoms with E-state index in [1.165, 1.54) is 19.2 Å². The predicted octanol–water partition coefficient (Wildman–Crippen LogP) is 2.66. The van der Waals surface area contributed by atoms with Gasteiger partial charge in [0.2, 0.25) is 0 Å². The van der Waals surface area contributed by atoms with E-state index >= 15 is 0 Å². The first kappa shape index (κ1) is 14.8. The molecule has 1 aliphatic heterocycles. The van der Waals surface area contributed by atoms with Crippen LogP contribution in [0.2, 0.25) is 0 Å². The number of carbonyl (C=O) groups is 1. The van der Waals surface area contributed by atoms with Gasteiger partial charge in [-0.1, -0.05) is 0 Å². The molecule has 1 aromatic carbocycles. The zero-order valence-electron chi connectivity index (χ0n) is 11.9. The summed E-state index contributed by atoms with van der Waals surface area (Å²) >= 11 is 0. The molecule has 1 aromatic rings. The van der Waals surface area contributed by atoms with Gasteiger partial charge in [0.05, 0.1) is 7.11 Å². The monoisotopic (exact) mass is 281 g/mol. The molecule has 110 valence electrons. The molecule has 0 radical (unpaired) electrons. The van der Waals surface area contributed by atoms with Crippen LogP contribution in [-0.2, 0) is 11.3 Å². The van der Waals surface area contributed by atoms with Gasteiger partial charge < -0.3 is 9.84 Å². The molecule has 1 unspecified atom stereocenters. The summed E-state index contributed by atoms with van der Waals surface area (Å²) in [5, 5.41) is 9.48. The third-order valence-electron chi connectivity index (χ3n) is 4.10.